The molecule has 7 nitrogen and oxygen atoms in total. The molecule has 0 spiro atoms. The predicted octanol–water partition coefficient (Wildman–Crippen LogP) is -0.398. The van der Waals surface area contributed by atoms with Crippen LogP contribution >= 0.6 is 0 Å². The Hall–Kier alpha value is -0.700. The van der Waals surface area contributed by atoms with Gasteiger partial charge in [-0.25, -0.2) is 8.42 Å². The first-order valence-corrected chi connectivity index (χ1v) is 10.4. The van der Waals surface area contributed by atoms with Crippen LogP contribution in [0.2, 0.25) is 0 Å². The van der Waals surface area contributed by atoms with Crippen molar-refractivity contribution in [1.82, 2.24) is 19.8 Å². The second-order valence-electron chi connectivity index (χ2n) is 6.32. The SMILES string of the molecule is CCCS(=O)(=O)N1CCCC1C(=O)NCCCN1CCNCC1. The fourth-order valence-corrected chi connectivity index (χ4v) is 5.02. The van der Waals surface area contributed by atoms with E-state index in [2.05, 4.69) is 15.5 Å². The fraction of sp³-hybridized carbons (Fsp3) is 0.933. The Morgan fingerprint density at radius 3 is 2.70 bits per heavy atom. The number of hydrogen-bond donors (Lipinski definition) is 2. The summed E-state index contributed by atoms with van der Waals surface area (Å²) in [6.07, 6.45) is 2.88. The first-order chi connectivity index (χ1) is 11.0. The van der Waals surface area contributed by atoms with E-state index in [9.17, 15) is 13.2 Å². The molecular weight excluding hydrogens is 316 g/mol. The van der Waals surface area contributed by atoms with Gasteiger partial charge in [0.05, 0.1) is 5.75 Å². The summed E-state index contributed by atoms with van der Waals surface area (Å²) in [5.41, 5.74) is 0. The molecule has 2 saturated heterocycles. The van der Waals surface area contributed by atoms with Crippen LogP contribution in [-0.4, -0.2) is 81.1 Å². The van der Waals surface area contributed by atoms with Gasteiger partial charge in [-0.1, -0.05) is 6.92 Å². The van der Waals surface area contributed by atoms with Crippen molar-refractivity contribution in [3.05, 3.63) is 0 Å². The summed E-state index contributed by atoms with van der Waals surface area (Å²) in [4.78, 5) is 14.7. The van der Waals surface area contributed by atoms with Crippen molar-refractivity contribution in [1.29, 1.82) is 0 Å². The Balaban J connectivity index is 1.73. The second kappa shape index (κ2) is 8.96. The second-order valence-corrected chi connectivity index (χ2v) is 8.36. The zero-order chi connectivity index (χ0) is 16.7. The first kappa shape index (κ1) is 18.6. The number of nitrogens with zero attached hydrogens (tertiary/aromatic N) is 2. The highest BCUT2D eigenvalue weighted by molar-refractivity contribution is 7.89. The van der Waals surface area contributed by atoms with Crippen molar-refractivity contribution < 1.29 is 13.2 Å². The summed E-state index contributed by atoms with van der Waals surface area (Å²) in [6.45, 7) is 8.07. The Morgan fingerprint density at radius 1 is 1.26 bits per heavy atom. The number of piperazine rings is 1. The number of nitrogens with one attached hydrogen (secondary N) is 2. The smallest absolute Gasteiger partial charge is 0.238 e. The molecule has 0 aromatic rings. The average Bonchev–Trinajstić information content (AvgIpc) is 3.03. The molecule has 2 N–H and O–H groups in total. The van der Waals surface area contributed by atoms with E-state index >= 15 is 0 Å². The Kier molecular flexibility index (Phi) is 7.26. The maximum atomic E-state index is 12.3. The van der Waals surface area contributed by atoms with Gasteiger partial charge in [-0.2, -0.15) is 4.31 Å². The highest BCUT2D eigenvalue weighted by Crippen LogP contribution is 2.21. The molecule has 2 aliphatic rings. The normalized spacial score (nSPS) is 24.0. The van der Waals surface area contributed by atoms with E-state index in [4.69, 9.17) is 0 Å². The lowest BCUT2D eigenvalue weighted by Crippen LogP contribution is -2.47. The molecule has 0 bridgehead atoms. The van der Waals surface area contributed by atoms with Crippen LogP contribution in [0.25, 0.3) is 0 Å². The summed E-state index contributed by atoms with van der Waals surface area (Å²) in [7, 11) is -3.29. The average molecular weight is 346 g/mol. The topological polar surface area (TPSA) is 81.8 Å². The summed E-state index contributed by atoms with van der Waals surface area (Å²) in [5.74, 6) is -0.0118. The fourth-order valence-electron chi connectivity index (χ4n) is 3.28. The molecule has 2 aliphatic heterocycles. The molecule has 2 fully saturated rings. The summed E-state index contributed by atoms with van der Waals surface area (Å²) in [6, 6.07) is -0.509. The van der Waals surface area contributed by atoms with Crippen molar-refractivity contribution in [2.75, 3.05) is 51.6 Å². The Bertz CT molecular complexity index is 477. The largest absolute Gasteiger partial charge is 0.355 e. The van der Waals surface area contributed by atoms with Crippen LogP contribution in [0.4, 0.5) is 0 Å². The molecule has 23 heavy (non-hydrogen) atoms. The number of sulfonamides is 1. The standard InChI is InChI=1S/C15H30N4O3S/c1-2-13-23(21,22)19-10-3-5-14(19)15(20)17-6-4-9-18-11-7-16-8-12-18/h14,16H,2-13H2,1H3,(H,17,20). The van der Waals surface area contributed by atoms with Crippen molar-refractivity contribution in [2.24, 2.45) is 0 Å². The molecule has 8 heteroatoms. The molecular formula is C15H30N4O3S. The van der Waals surface area contributed by atoms with E-state index in [0.29, 0.717) is 25.9 Å². The highest BCUT2D eigenvalue weighted by atomic mass is 32.2. The van der Waals surface area contributed by atoms with E-state index in [1.807, 2.05) is 6.92 Å². The van der Waals surface area contributed by atoms with E-state index < -0.39 is 16.1 Å². The molecule has 0 radical (unpaired) electrons. The lowest BCUT2D eigenvalue weighted by Gasteiger charge is -2.27. The summed E-state index contributed by atoms with van der Waals surface area (Å²) < 4.78 is 25.8. The molecule has 1 unspecified atom stereocenters. The quantitative estimate of drug-likeness (QED) is 0.585. The third-order valence-electron chi connectivity index (χ3n) is 4.49. The van der Waals surface area contributed by atoms with E-state index in [1.54, 1.807) is 0 Å². The van der Waals surface area contributed by atoms with Gasteiger partial charge in [0.25, 0.3) is 0 Å². The van der Waals surface area contributed by atoms with Crippen LogP contribution in [0.5, 0.6) is 0 Å². The minimum atomic E-state index is -3.29. The van der Waals surface area contributed by atoms with Gasteiger partial charge in [0.15, 0.2) is 0 Å². The summed E-state index contributed by atoms with van der Waals surface area (Å²) in [5, 5.41) is 6.24. The lowest BCUT2D eigenvalue weighted by atomic mass is 10.2. The molecule has 2 rings (SSSR count). The lowest BCUT2D eigenvalue weighted by molar-refractivity contribution is -0.124. The van der Waals surface area contributed by atoms with Crippen LogP contribution in [0.3, 0.4) is 0 Å². The van der Waals surface area contributed by atoms with Crippen LogP contribution in [0.15, 0.2) is 0 Å². The highest BCUT2D eigenvalue weighted by Gasteiger charge is 2.37. The van der Waals surface area contributed by atoms with Gasteiger partial charge in [0, 0.05) is 39.3 Å². The molecule has 1 atom stereocenters. The summed E-state index contributed by atoms with van der Waals surface area (Å²) >= 11 is 0. The number of carbonyl (C=O) groups is 1. The maximum Gasteiger partial charge on any atom is 0.238 e. The van der Waals surface area contributed by atoms with Crippen LogP contribution < -0.4 is 10.6 Å². The van der Waals surface area contributed by atoms with Crippen molar-refractivity contribution >= 4 is 15.9 Å². The van der Waals surface area contributed by atoms with Gasteiger partial charge >= 0.3 is 0 Å². The van der Waals surface area contributed by atoms with E-state index in [1.165, 1.54) is 4.31 Å². The predicted molar refractivity (Wildman–Crippen MR) is 90.7 cm³/mol. The Labute approximate surface area is 139 Å². The number of amides is 1. The van der Waals surface area contributed by atoms with Gasteiger partial charge in [-0.05, 0) is 32.2 Å². The molecule has 0 saturated carbocycles. The number of hydrogen-bond acceptors (Lipinski definition) is 5. The molecule has 0 aliphatic carbocycles. The molecule has 0 aromatic carbocycles. The monoisotopic (exact) mass is 346 g/mol. The minimum absolute atomic E-state index is 0.125. The molecule has 134 valence electrons. The van der Waals surface area contributed by atoms with Gasteiger partial charge in [-0.15, -0.1) is 0 Å². The van der Waals surface area contributed by atoms with Gasteiger partial charge in [0.2, 0.25) is 15.9 Å². The molecule has 2 heterocycles. The third kappa shape index (κ3) is 5.41. The van der Waals surface area contributed by atoms with Crippen LogP contribution in [-0.2, 0) is 14.8 Å². The Morgan fingerprint density at radius 2 is 2.00 bits per heavy atom. The molecule has 1 amide bonds. The number of carbonyl (C=O) groups excluding carboxylic acids is 1. The van der Waals surface area contributed by atoms with Gasteiger partial charge in [-0.3, -0.25) is 4.79 Å². The zero-order valence-electron chi connectivity index (χ0n) is 14.1. The van der Waals surface area contributed by atoms with Crippen LogP contribution in [0.1, 0.15) is 32.6 Å². The van der Waals surface area contributed by atoms with E-state index in [0.717, 1.165) is 45.6 Å². The minimum Gasteiger partial charge on any atom is -0.355 e. The number of rotatable bonds is 8. The third-order valence-corrected chi connectivity index (χ3v) is 6.56. The maximum absolute atomic E-state index is 12.3. The molecule has 0 aromatic heterocycles. The van der Waals surface area contributed by atoms with Crippen molar-refractivity contribution in [2.45, 2.75) is 38.6 Å². The zero-order valence-corrected chi connectivity index (χ0v) is 14.9. The van der Waals surface area contributed by atoms with Crippen molar-refractivity contribution in [3.63, 3.8) is 0 Å². The van der Waals surface area contributed by atoms with Crippen molar-refractivity contribution in [3.8, 4) is 0 Å². The first-order valence-electron chi connectivity index (χ1n) is 8.75. The van der Waals surface area contributed by atoms with Gasteiger partial charge < -0.3 is 15.5 Å². The van der Waals surface area contributed by atoms with Gasteiger partial charge in [0.1, 0.15) is 6.04 Å². The van der Waals surface area contributed by atoms with E-state index in [-0.39, 0.29) is 11.7 Å². The van der Waals surface area contributed by atoms with Crippen LogP contribution in [0, 0.1) is 0 Å².